The van der Waals surface area contributed by atoms with Crippen LogP contribution in [-0.2, 0) is 11.3 Å². The molecule has 0 aliphatic carbocycles. The quantitative estimate of drug-likeness (QED) is 0.816. The molecule has 0 unspecified atom stereocenters. The zero-order valence-corrected chi connectivity index (χ0v) is 9.83. The molecular formula is C12H12N4O2. The van der Waals surface area contributed by atoms with Crippen LogP contribution in [0.3, 0.4) is 0 Å². The first-order valence-electron chi connectivity index (χ1n) is 5.32. The van der Waals surface area contributed by atoms with E-state index < -0.39 is 5.97 Å². The van der Waals surface area contributed by atoms with E-state index in [4.69, 9.17) is 0 Å². The number of carbonyl (C=O) groups excluding carboxylic acids is 1. The van der Waals surface area contributed by atoms with Crippen molar-refractivity contribution >= 4 is 11.8 Å². The van der Waals surface area contributed by atoms with Gasteiger partial charge in [-0.1, -0.05) is 0 Å². The third kappa shape index (κ3) is 3.00. The molecule has 0 saturated carbocycles. The summed E-state index contributed by atoms with van der Waals surface area (Å²) in [5, 5.41) is 3.07. The maximum Gasteiger partial charge on any atom is 0.358 e. The number of hydrogen-bond donors (Lipinski definition) is 1. The fraction of sp³-hybridized carbons (Fsp3) is 0.167. The van der Waals surface area contributed by atoms with E-state index >= 15 is 0 Å². The van der Waals surface area contributed by atoms with Gasteiger partial charge in [0.2, 0.25) is 0 Å². The summed E-state index contributed by atoms with van der Waals surface area (Å²) >= 11 is 0. The van der Waals surface area contributed by atoms with Crippen LogP contribution < -0.4 is 5.32 Å². The van der Waals surface area contributed by atoms with Gasteiger partial charge >= 0.3 is 5.97 Å². The van der Waals surface area contributed by atoms with Crippen molar-refractivity contribution in [3.05, 3.63) is 48.2 Å². The summed E-state index contributed by atoms with van der Waals surface area (Å²) in [6, 6.07) is 3.79. The highest BCUT2D eigenvalue weighted by atomic mass is 16.5. The first-order valence-corrected chi connectivity index (χ1v) is 5.32. The minimum atomic E-state index is -0.505. The second kappa shape index (κ2) is 5.72. The number of nitrogens with zero attached hydrogens (tertiary/aromatic N) is 3. The summed E-state index contributed by atoms with van der Waals surface area (Å²) in [4.78, 5) is 23.2. The average molecular weight is 244 g/mol. The Kier molecular flexibility index (Phi) is 3.80. The van der Waals surface area contributed by atoms with Crippen LogP contribution in [0.4, 0.5) is 5.82 Å². The highest BCUT2D eigenvalue weighted by molar-refractivity contribution is 5.87. The topological polar surface area (TPSA) is 77.0 Å². The zero-order valence-electron chi connectivity index (χ0n) is 9.83. The van der Waals surface area contributed by atoms with Crippen LogP contribution in [0.1, 0.15) is 16.1 Å². The van der Waals surface area contributed by atoms with Gasteiger partial charge in [-0.3, -0.25) is 9.97 Å². The molecule has 2 rings (SSSR count). The van der Waals surface area contributed by atoms with Crippen molar-refractivity contribution in [2.24, 2.45) is 0 Å². The number of nitrogens with one attached hydrogen (secondary N) is 1. The summed E-state index contributed by atoms with van der Waals surface area (Å²) in [6.07, 6.45) is 6.35. The summed E-state index contributed by atoms with van der Waals surface area (Å²) in [5.74, 6) is 0.0183. The number of rotatable bonds is 4. The van der Waals surface area contributed by atoms with E-state index in [-0.39, 0.29) is 5.69 Å². The maximum absolute atomic E-state index is 11.3. The van der Waals surface area contributed by atoms with E-state index in [9.17, 15) is 4.79 Å². The predicted molar refractivity (Wildman–Crippen MR) is 64.9 cm³/mol. The minimum Gasteiger partial charge on any atom is -0.464 e. The Bertz CT molecular complexity index is 531. The molecule has 92 valence electrons. The van der Waals surface area contributed by atoms with E-state index in [0.29, 0.717) is 12.4 Å². The van der Waals surface area contributed by atoms with Crippen LogP contribution in [0.2, 0.25) is 0 Å². The Labute approximate surface area is 104 Å². The number of esters is 1. The van der Waals surface area contributed by atoms with Gasteiger partial charge in [0.15, 0.2) is 5.69 Å². The number of methoxy groups -OCH3 is 1. The van der Waals surface area contributed by atoms with Crippen molar-refractivity contribution in [1.29, 1.82) is 0 Å². The molecule has 0 amide bonds. The highest BCUT2D eigenvalue weighted by Crippen LogP contribution is 2.06. The Balaban J connectivity index is 2.04. The second-order valence-electron chi connectivity index (χ2n) is 3.49. The molecule has 2 heterocycles. The largest absolute Gasteiger partial charge is 0.464 e. The van der Waals surface area contributed by atoms with Crippen molar-refractivity contribution in [2.75, 3.05) is 12.4 Å². The van der Waals surface area contributed by atoms with E-state index in [0.717, 1.165) is 5.56 Å². The molecule has 2 aromatic rings. The van der Waals surface area contributed by atoms with Gasteiger partial charge in [-0.05, 0) is 17.7 Å². The molecule has 0 radical (unpaired) electrons. The Hall–Kier alpha value is -2.50. The summed E-state index contributed by atoms with van der Waals surface area (Å²) in [6.45, 7) is 0.585. The van der Waals surface area contributed by atoms with E-state index in [2.05, 4.69) is 25.0 Å². The fourth-order valence-electron chi connectivity index (χ4n) is 1.35. The number of pyridine rings is 1. The SMILES string of the molecule is COC(=O)c1cncc(NCc2ccncc2)n1. The lowest BCUT2D eigenvalue weighted by atomic mass is 10.3. The second-order valence-corrected chi connectivity index (χ2v) is 3.49. The first kappa shape index (κ1) is 12.0. The van der Waals surface area contributed by atoms with E-state index in [1.54, 1.807) is 18.6 Å². The van der Waals surface area contributed by atoms with Gasteiger partial charge in [0, 0.05) is 18.9 Å². The molecule has 0 saturated heterocycles. The molecule has 2 aromatic heterocycles. The van der Waals surface area contributed by atoms with Gasteiger partial charge in [-0.15, -0.1) is 0 Å². The molecule has 0 bridgehead atoms. The van der Waals surface area contributed by atoms with E-state index in [1.807, 2.05) is 12.1 Å². The van der Waals surface area contributed by atoms with E-state index in [1.165, 1.54) is 13.3 Å². The highest BCUT2D eigenvalue weighted by Gasteiger charge is 2.08. The van der Waals surface area contributed by atoms with Gasteiger partial charge in [0.25, 0.3) is 0 Å². The van der Waals surface area contributed by atoms with Gasteiger partial charge in [0.1, 0.15) is 5.82 Å². The lowest BCUT2D eigenvalue weighted by Gasteiger charge is -2.06. The molecule has 6 heteroatoms. The monoisotopic (exact) mass is 244 g/mol. The molecule has 0 aromatic carbocycles. The first-order chi connectivity index (χ1) is 8.79. The Morgan fingerprint density at radius 2 is 2.06 bits per heavy atom. The standard InChI is InChI=1S/C12H12N4O2/c1-18-12(17)10-7-14-8-11(16-10)15-6-9-2-4-13-5-3-9/h2-5,7-8H,6H2,1H3,(H,15,16). The molecule has 0 aliphatic heterocycles. The molecule has 1 N–H and O–H groups in total. The normalized spacial score (nSPS) is 9.83. The minimum absolute atomic E-state index is 0.178. The van der Waals surface area contributed by atoms with Crippen LogP contribution in [-0.4, -0.2) is 28.0 Å². The van der Waals surface area contributed by atoms with Crippen molar-refractivity contribution in [3.63, 3.8) is 0 Å². The third-order valence-corrected chi connectivity index (χ3v) is 2.25. The Morgan fingerprint density at radius 3 is 2.78 bits per heavy atom. The third-order valence-electron chi connectivity index (χ3n) is 2.25. The number of aromatic nitrogens is 3. The fourth-order valence-corrected chi connectivity index (χ4v) is 1.35. The Morgan fingerprint density at radius 1 is 1.28 bits per heavy atom. The van der Waals surface area contributed by atoms with Crippen LogP contribution >= 0.6 is 0 Å². The zero-order chi connectivity index (χ0) is 12.8. The van der Waals surface area contributed by atoms with Gasteiger partial charge in [0.05, 0.1) is 19.5 Å². The molecule has 0 aliphatic rings. The lowest BCUT2D eigenvalue weighted by molar-refractivity contribution is 0.0593. The van der Waals surface area contributed by atoms with Gasteiger partial charge < -0.3 is 10.1 Å². The van der Waals surface area contributed by atoms with Gasteiger partial charge in [-0.2, -0.15) is 0 Å². The summed E-state index contributed by atoms with van der Waals surface area (Å²) < 4.78 is 4.58. The van der Waals surface area contributed by atoms with Crippen LogP contribution in [0.15, 0.2) is 36.9 Å². The molecular weight excluding hydrogens is 232 g/mol. The van der Waals surface area contributed by atoms with Crippen LogP contribution in [0.5, 0.6) is 0 Å². The van der Waals surface area contributed by atoms with Crippen molar-refractivity contribution in [1.82, 2.24) is 15.0 Å². The molecule has 0 spiro atoms. The summed E-state index contributed by atoms with van der Waals surface area (Å²) in [7, 11) is 1.31. The average Bonchev–Trinajstić information content (AvgIpc) is 2.45. The molecule has 6 nitrogen and oxygen atoms in total. The summed E-state index contributed by atoms with van der Waals surface area (Å²) in [5.41, 5.74) is 1.24. The molecule has 0 fully saturated rings. The van der Waals surface area contributed by atoms with Gasteiger partial charge in [-0.25, -0.2) is 9.78 Å². The van der Waals surface area contributed by atoms with Crippen molar-refractivity contribution in [2.45, 2.75) is 6.54 Å². The number of ether oxygens (including phenoxy) is 1. The van der Waals surface area contributed by atoms with Crippen LogP contribution in [0.25, 0.3) is 0 Å². The maximum atomic E-state index is 11.3. The lowest BCUT2D eigenvalue weighted by Crippen LogP contribution is -2.08. The van der Waals surface area contributed by atoms with Crippen LogP contribution in [0, 0.1) is 0 Å². The predicted octanol–water partition coefficient (Wildman–Crippen LogP) is 1.27. The van der Waals surface area contributed by atoms with Crippen molar-refractivity contribution in [3.8, 4) is 0 Å². The number of carbonyl (C=O) groups is 1. The molecule has 0 atom stereocenters. The van der Waals surface area contributed by atoms with Crippen molar-refractivity contribution < 1.29 is 9.53 Å². The molecule has 18 heavy (non-hydrogen) atoms. The number of anilines is 1. The smallest absolute Gasteiger partial charge is 0.358 e. The number of hydrogen-bond acceptors (Lipinski definition) is 6.